The lowest BCUT2D eigenvalue weighted by atomic mass is 10.2. The summed E-state index contributed by atoms with van der Waals surface area (Å²) in [6.07, 6.45) is 4.26. The first-order valence-electron chi connectivity index (χ1n) is 3.94. The maximum Gasteiger partial charge on any atom is 0.0949 e. The molecule has 1 saturated carbocycles. The van der Waals surface area contributed by atoms with E-state index in [2.05, 4.69) is 4.98 Å². The van der Waals surface area contributed by atoms with Gasteiger partial charge in [0.2, 0.25) is 0 Å². The molecule has 0 bridgehead atoms. The summed E-state index contributed by atoms with van der Waals surface area (Å²) in [6, 6.07) is 0. The van der Waals surface area contributed by atoms with Crippen molar-refractivity contribution in [2.24, 2.45) is 7.05 Å². The van der Waals surface area contributed by atoms with Crippen molar-refractivity contribution in [1.29, 1.82) is 0 Å². The maximum absolute atomic E-state index is 9.00. The SMILES string of the molecule is Cn1cnc(C2CC2)c1CO. The number of imidazole rings is 1. The average molecular weight is 152 g/mol. The number of aliphatic hydroxyl groups excluding tert-OH is 1. The smallest absolute Gasteiger partial charge is 0.0949 e. The lowest BCUT2D eigenvalue weighted by Crippen LogP contribution is -1.97. The summed E-state index contributed by atoms with van der Waals surface area (Å²) in [5.74, 6) is 0.637. The third-order valence-corrected chi connectivity index (χ3v) is 2.21. The number of rotatable bonds is 2. The molecule has 3 heteroatoms. The van der Waals surface area contributed by atoms with E-state index in [1.807, 2.05) is 11.6 Å². The number of hydrogen-bond donors (Lipinski definition) is 1. The zero-order valence-electron chi connectivity index (χ0n) is 6.62. The van der Waals surface area contributed by atoms with Crippen molar-refractivity contribution >= 4 is 0 Å². The van der Waals surface area contributed by atoms with Gasteiger partial charge in [0.05, 0.1) is 24.3 Å². The second-order valence-electron chi connectivity index (χ2n) is 3.12. The molecule has 1 N–H and O–H groups in total. The Morgan fingerprint density at radius 1 is 1.73 bits per heavy atom. The molecule has 3 nitrogen and oxygen atoms in total. The van der Waals surface area contributed by atoms with E-state index in [4.69, 9.17) is 5.11 Å². The van der Waals surface area contributed by atoms with E-state index in [0.29, 0.717) is 5.92 Å². The van der Waals surface area contributed by atoms with Crippen molar-refractivity contribution < 1.29 is 5.11 Å². The van der Waals surface area contributed by atoms with Gasteiger partial charge < -0.3 is 9.67 Å². The Balaban J connectivity index is 2.36. The van der Waals surface area contributed by atoms with Gasteiger partial charge in [0.1, 0.15) is 0 Å². The predicted octanol–water partition coefficient (Wildman–Crippen LogP) is 0.790. The highest BCUT2D eigenvalue weighted by Crippen LogP contribution is 2.40. The zero-order valence-corrected chi connectivity index (χ0v) is 6.62. The van der Waals surface area contributed by atoms with Crippen molar-refractivity contribution in [2.45, 2.75) is 25.4 Å². The van der Waals surface area contributed by atoms with Gasteiger partial charge in [-0.1, -0.05) is 0 Å². The first-order chi connectivity index (χ1) is 5.33. The summed E-state index contributed by atoms with van der Waals surface area (Å²) in [5, 5.41) is 9.00. The Bertz CT molecular complexity index is 263. The molecule has 0 aliphatic heterocycles. The molecular formula is C8H12N2O. The van der Waals surface area contributed by atoms with Crippen LogP contribution in [0.2, 0.25) is 0 Å². The summed E-state index contributed by atoms with van der Waals surface area (Å²) in [7, 11) is 1.92. The lowest BCUT2D eigenvalue weighted by Gasteiger charge is -1.99. The molecule has 2 rings (SSSR count). The van der Waals surface area contributed by atoms with Crippen molar-refractivity contribution in [3.8, 4) is 0 Å². The molecule has 1 heterocycles. The van der Waals surface area contributed by atoms with Crippen LogP contribution in [0.4, 0.5) is 0 Å². The Labute approximate surface area is 65.7 Å². The minimum absolute atomic E-state index is 0.113. The molecule has 1 aliphatic carbocycles. The van der Waals surface area contributed by atoms with Crippen LogP contribution in [0.3, 0.4) is 0 Å². The average Bonchev–Trinajstić information content (AvgIpc) is 2.76. The highest BCUT2D eigenvalue weighted by Gasteiger charge is 2.28. The minimum Gasteiger partial charge on any atom is -0.390 e. The van der Waals surface area contributed by atoms with Gasteiger partial charge in [-0.15, -0.1) is 0 Å². The van der Waals surface area contributed by atoms with Crippen molar-refractivity contribution in [1.82, 2.24) is 9.55 Å². The number of hydrogen-bond acceptors (Lipinski definition) is 2. The molecule has 11 heavy (non-hydrogen) atoms. The van der Waals surface area contributed by atoms with Gasteiger partial charge in [0.25, 0.3) is 0 Å². The predicted molar refractivity (Wildman–Crippen MR) is 41.1 cm³/mol. The molecule has 0 amide bonds. The molecule has 0 atom stereocenters. The quantitative estimate of drug-likeness (QED) is 0.680. The molecule has 1 aromatic rings. The molecule has 0 saturated heterocycles. The first-order valence-corrected chi connectivity index (χ1v) is 3.94. The molecule has 1 aliphatic rings. The van der Waals surface area contributed by atoms with Crippen LogP contribution in [-0.4, -0.2) is 14.7 Å². The van der Waals surface area contributed by atoms with Crippen LogP contribution < -0.4 is 0 Å². The molecule has 0 aromatic carbocycles. The van der Waals surface area contributed by atoms with E-state index in [-0.39, 0.29) is 6.61 Å². The van der Waals surface area contributed by atoms with Crippen LogP contribution in [0.5, 0.6) is 0 Å². The van der Waals surface area contributed by atoms with Crippen LogP contribution in [-0.2, 0) is 13.7 Å². The van der Waals surface area contributed by atoms with Crippen molar-refractivity contribution in [3.63, 3.8) is 0 Å². The summed E-state index contributed by atoms with van der Waals surface area (Å²) in [6.45, 7) is 0.113. The number of nitrogens with zero attached hydrogens (tertiary/aromatic N) is 2. The van der Waals surface area contributed by atoms with E-state index in [0.717, 1.165) is 11.4 Å². The van der Waals surface area contributed by atoms with E-state index in [9.17, 15) is 0 Å². The number of aryl methyl sites for hydroxylation is 1. The van der Waals surface area contributed by atoms with Gasteiger partial charge >= 0.3 is 0 Å². The van der Waals surface area contributed by atoms with E-state index >= 15 is 0 Å². The fraction of sp³-hybridized carbons (Fsp3) is 0.625. The summed E-state index contributed by atoms with van der Waals surface area (Å²) >= 11 is 0. The van der Waals surface area contributed by atoms with E-state index in [1.54, 1.807) is 6.33 Å². The third-order valence-electron chi connectivity index (χ3n) is 2.21. The molecule has 1 fully saturated rings. The summed E-state index contributed by atoms with van der Waals surface area (Å²) in [5.41, 5.74) is 2.09. The molecular weight excluding hydrogens is 140 g/mol. The standard InChI is InChI=1S/C8H12N2O/c1-10-5-9-8(6-2-3-6)7(10)4-11/h5-6,11H,2-4H2,1H3. The topological polar surface area (TPSA) is 38.0 Å². The fourth-order valence-electron chi connectivity index (χ4n) is 1.36. The van der Waals surface area contributed by atoms with Gasteiger partial charge in [0.15, 0.2) is 0 Å². The molecule has 0 unspecified atom stereocenters. The Hall–Kier alpha value is -0.830. The first kappa shape index (κ1) is 6.85. The normalized spacial score (nSPS) is 17.3. The van der Waals surface area contributed by atoms with Gasteiger partial charge in [-0.2, -0.15) is 0 Å². The van der Waals surface area contributed by atoms with E-state index < -0.39 is 0 Å². The minimum atomic E-state index is 0.113. The van der Waals surface area contributed by atoms with Crippen molar-refractivity contribution in [2.75, 3.05) is 0 Å². The number of aromatic nitrogens is 2. The zero-order chi connectivity index (χ0) is 7.84. The van der Waals surface area contributed by atoms with Crippen LogP contribution in [0.15, 0.2) is 6.33 Å². The van der Waals surface area contributed by atoms with Crippen molar-refractivity contribution in [3.05, 3.63) is 17.7 Å². The fourth-order valence-corrected chi connectivity index (χ4v) is 1.36. The number of aliphatic hydroxyl groups is 1. The lowest BCUT2D eigenvalue weighted by molar-refractivity contribution is 0.271. The van der Waals surface area contributed by atoms with Gasteiger partial charge in [-0.05, 0) is 12.8 Å². The Morgan fingerprint density at radius 3 is 3.00 bits per heavy atom. The maximum atomic E-state index is 9.00. The summed E-state index contributed by atoms with van der Waals surface area (Å²) in [4.78, 5) is 4.25. The monoisotopic (exact) mass is 152 g/mol. The third kappa shape index (κ3) is 1.05. The van der Waals surface area contributed by atoms with Gasteiger partial charge in [0, 0.05) is 13.0 Å². The molecule has 0 spiro atoms. The van der Waals surface area contributed by atoms with Gasteiger partial charge in [-0.25, -0.2) is 4.98 Å². The Morgan fingerprint density at radius 2 is 2.45 bits per heavy atom. The van der Waals surface area contributed by atoms with E-state index in [1.165, 1.54) is 12.8 Å². The van der Waals surface area contributed by atoms with Crippen LogP contribution >= 0.6 is 0 Å². The van der Waals surface area contributed by atoms with Gasteiger partial charge in [-0.3, -0.25) is 0 Å². The van der Waals surface area contributed by atoms with Crippen LogP contribution in [0, 0.1) is 0 Å². The van der Waals surface area contributed by atoms with Crippen LogP contribution in [0.1, 0.15) is 30.1 Å². The highest BCUT2D eigenvalue weighted by atomic mass is 16.3. The second kappa shape index (κ2) is 2.34. The van der Waals surface area contributed by atoms with Crippen LogP contribution in [0.25, 0.3) is 0 Å². The Kier molecular flexibility index (Phi) is 1.46. The molecule has 1 aromatic heterocycles. The molecule has 0 radical (unpaired) electrons. The summed E-state index contributed by atoms with van der Waals surface area (Å²) < 4.78 is 1.90. The largest absolute Gasteiger partial charge is 0.390 e. The highest BCUT2D eigenvalue weighted by molar-refractivity contribution is 5.21. The second-order valence-corrected chi connectivity index (χ2v) is 3.12. The molecule has 60 valence electrons.